The zero-order valence-corrected chi connectivity index (χ0v) is 7.82. The fraction of sp³-hybridized carbons (Fsp3) is 0.750. The van der Waals surface area contributed by atoms with Gasteiger partial charge in [0, 0.05) is 13.1 Å². The first-order valence-electron chi connectivity index (χ1n) is 4.25. The average molecular weight is 186 g/mol. The highest BCUT2D eigenvalue weighted by atomic mass is 16.5. The molecule has 1 rings (SSSR count). The van der Waals surface area contributed by atoms with E-state index in [1.165, 1.54) is 4.90 Å². The standard InChI is InChI=1S/C8H14N2O3/c1-5-3-10(4-6(2)13-5)8(12)7(9)11/h5-6H,3-4H2,1-2H3,(H2,9,11)/t5-,6+. The highest BCUT2D eigenvalue weighted by molar-refractivity contribution is 6.34. The van der Waals surface area contributed by atoms with Crippen molar-refractivity contribution in [1.29, 1.82) is 0 Å². The summed E-state index contributed by atoms with van der Waals surface area (Å²) < 4.78 is 5.40. The molecule has 0 spiro atoms. The lowest BCUT2D eigenvalue weighted by molar-refractivity contribution is -0.152. The highest BCUT2D eigenvalue weighted by Crippen LogP contribution is 2.10. The third-order valence-electron chi connectivity index (χ3n) is 1.92. The van der Waals surface area contributed by atoms with Crippen molar-refractivity contribution in [2.75, 3.05) is 13.1 Å². The van der Waals surface area contributed by atoms with E-state index in [2.05, 4.69) is 0 Å². The SMILES string of the molecule is C[C@@H]1CN(C(=O)C(N)=O)C[C@H](C)O1. The molecular weight excluding hydrogens is 172 g/mol. The number of carbonyl (C=O) groups is 2. The van der Waals surface area contributed by atoms with E-state index in [-0.39, 0.29) is 12.2 Å². The number of hydrogen-bond acceptors (Lipinski definition) is 3. The fourth-order valence-corrected chi connectivity index (χ4v) is 1.50. The quantitative estimate of drug-likeness (QED) is 0.499. The summed E-state index contributed by atoms with van der Waals surface area (Å²) in [7, 11) is 0. The van der Waals surface area contributed by atoms with Gasteiger partial charge in [0.25, 0.3) is 0 Å². The van der Waals surface area contributed by atoms with Gasteiger partial charge in [0.15, 0.2) is 0 Å². The number of morpholine rings is 1. The molecule has 1 fully saturated rings. The van der Waals surface area contributed by atoms with Crippen LogP contribution in [-0.2, 0) is 14.3 Å². The summed E-state index contributed by atoms with van der Waals surface area (Å²) in [6.45, 7) is 4.59. The molecule has 0 saturated carbocycles. The first kappa shape index (κ1) is 9.98. The van der Waals surface area contributed by atoms with Crippen molar-refractivity contribution in [3.63, 3.8) is 0 Å². The third-order valence-corrected chi connectivity index (χ3v) is 1.92. The van der Waals surface area contributed by atoms with Gasteiger partial charge in [-0.3, -0.25) is 9.59 Å². The van der Waals surface area contributed by atoms with Crippen molar-refractivity contribution in [1.82, 2.24) is 4.90 Å². The number of primary amides is 1. The summed E-state index contributed by atoms with van der Waals surface area (Å²) in [5.74, 6) is -1.52. The number of ether oxygens (including phenoxy) is 1. The lowest BCUT2D eigenvalue weighted by atomic mass is 10.2. The molecule has 0 aromatic carbocycles. The van der Waals surface area contributed by atoms with Gasteiger partial charge in [-0.05, 0) is 13.8 Å². The van der Waals surface area contributed by atoms with Crippen LogP contribution in [0.3, 0.4) is 0 Å². The Morgan fingerprint density at radius 3 is 2.15 bits per heavy atom. The number of nitrogens with zero attached hydrogens (tertiary/aromatic N) is 1. The van der Waals surface area contributed by atoms with Crippen molar-refractivity contribution >= 4 is 11.8 Å². The van der Waals surface area contributed by atoms with Gasteiger partial charge < -0.3 is 15.4 Å². The molecule has 2 N–H and O–H groups in total. The number of nitrogens with two attached hydrogens (primary N) is 1. The summed E-state index contributed by atoms with van der Waals surface area (Å²) >= 11 is 0. The molecule has 5 nitrogen and oxygen atoms in total. The maximum absolute atomic E-state index is 11.2. The van der Waals surface area contributed by atoms with Crippen LogP contribution in [0.5, 0.6) is 0 Å². The van der Waals surface area contributed by atoms with Crippen LogP contribution < -0.4 is 5.73 Å². The summed E-state index contributed by atoms with van der Waals surface area (Å²) in [4.78, 5) is 23.2. The van der Waals surface area contributed by atoms with Crippen molar-refractivity contribution in [2.45, 2.75) is 26.1 Å². The molecule has 74 valence electrons. The first-order chi connectivity index (χ1) is 6.00. The smallest absolute Gasteiger partial charge is 0.311 e. The molecule has 0 aromatic rings. The summed E-state index contributed by atoms with van der Waals surface area (Å²) in [5.41, 5.74) is 4.89. The third kappa shape index (κ3) is 2.42. The van der Waals surface area contributed by atoms with Gasteiger partial charge in [-0.25, -0.2) is 0 Å². The molecule has 1 heterocycles. The molecule has 1 aliphatic heterocycles. The number of hydrogen-bond donors (Lipinski definition) is 1. The van der Waals surface area contributed by atoms with Crippen LogP contribution in [0.4, 0.5) is 0 Å². The Morgan fingerprint density at radius 2 is 1.77 bits per heavy atom. The van der Waals surface area contributed by atoms with E-state index >= 15 is 0 Å². The molecule has 1 saturated heterocycles. The van der Waals surface area contributed by atoms with Gasteiger partial charge in [0.1, 0.15) is 0 Å². The predicted octanol–water partition coefficient (Wildman–Crippen LogP) is -0.892. The van der Waals surface area contributed by atoms with Gasteiger partial charge in [-0.15, -0.1) is 0 Å². The molecule has 0 unspecified atom stereocenters. The van der Waals surface area contributed by atoms with E-state index in [1.54, 1.807) is 0 Å². The van der Waals surface area contributed by atoms with Crippen molar-refractivity contribution in [2.24, 2.45) is 5.73 Å². The van der Waals surface area contributed by atoms with Gasteiger partial charge in [-0.2, -0.15) is 0 Å². The second-order valence-corrected chi connectivity index (χ2v) is 3.33. The number of amides is 2. The largest absolute Gasteiger partial charge is 0.372 e. The van der Waals surface area contributed by atoms with E-state index in [9.17, 15) is 9.59 Å². The topological polar surface area (TPSA) is 72.6 Å². The molecule has 0 aliphatic carbocycles. The van der Waals surface area contributed by atoms with E-state index < -0.39 is 11.8 Å². The average Bonchev–Trinajstić information content (AvgIpc) is 2.01. The Morgan fingerprint density at radius 1 is 1.31 bits per heavy atom. The van der Waals surface area contributed by atoms with Gasteiger partial charge in [-0.1, -0.05) is 0 Å². The van der Waals surface area contributed by atoms with Crippen LogP contribution in [0.25, 0.3) is 0 Å². The normalized spacial score (nSPS) is 28.6. The van der Waals surface area contributed by atoms with Crippen molar-refractivity contribution in [3.8, 4) is 0 Å². The Hall–Kier alpha value is -1.10. The Balaban J connectivity index is 2.60. The van der Waals surface area contributed by atoms with Crippen molar-refractivity contribution in [3.05, 3.63) is 0 Å². The summed E-state index contributed by atoms with van der Waals surface area (Å²) in [5, 5.41) is 0. The van der Waals surface area contributed by atoms with Crippen molar-refractivity contribution < 1.29 is 14.3 Å². The van der Waals surface area contributed by atoms with Gasteiger partial charge in [0.05, 0.1) is 12.2 Å². The highest BCUT2D eigenvalue weighted by Gasteiger charge is 2.28. The van der Waals surface area contributed by atoms with Crippen LogP contribution >= 0.6 is 0 Å². The first-order valence-corrected chi connectivity index (χ1v) is 4.25. The molecule has 13 heavy (non-hydrogen) atoms. The monoisotopic (exact) mass is 186 g/mol. The Bertz CT molecular complexity index is 219. The molecule has 0 bridgehead atoms. The van der Waals surface area contributed by atoms with Crippen LogP contribution in [0.1, 0.15) is 13.8 Å². The minimum atomic E-state index is -0.902. The maximum atomic E-state index is 11.2. The second kappa shape index (κ2) is 3.74. The van der Waals surface area contributed by atoms with E-state index in [4.69, 9.17) is 10.5 Å². The van der Waals surface area contributed by atoms with E-state index in [0.717, 1.165) is 0 Å². The van der Waals surface area contributed by atoms with Gasteiger partial charge >= 0.3 is 11.8 Å². The summed E-state index contributed by atoms with van der Waals surface area (Å²) in [6, 6.07) is 0. The molecule has 0 radical (unpaired) electrons. The Labute approximate surface area is 76.8 Å². The lowest BCUT2D eigenvalue weighted by Gasteiger charge is -2.34. The molecule has 2 amide bonds. The number of carbonyl (C=O) groups excluding carboxylic acids is 2. The zero-order valence-electron chi connectivity index (χ0n) is 7.82. The summed E-state index contributed by atoms with van der Waals surface area (Å²) in [6.07, 6.45) is -0.0703. The Kier molecular flexibility index (Phi) is 2.87. The number of rotatable bonds is 0. The van der Waals surface area contributed by atoms with E-state index in [0.29, 0.717) is 13.1 Å². The zero-order chi connectivity index (χ0) is 10.0. The molecule has 2 atom stereocenters. The minimum absolute atomic E-state index is 0.0351. The maximum Gasteiger partial charge on any atom is 0.311 e. The molecule has 5 heteroatoms. The van der Waals surface area contributed by atoms with Crippen LogP contribution in [0.2, 0.25) is 0 Å². The predicted molar refractivity (Wildman–Crippen MR) is 45.8 cm³/mol. The van der Waals surface area contributed by atoms with E-state index in [1.807, 2.05) is 13.8 Å². The second-order valence-electron chi connectivity index (χ2n) is 3.33. The van der Waals surface area contributed by atoms with Gasteiger partial charge in [0.2, 0.25) is 0 Å². The van der Waals surface area contributed by atoms with Crippen LogP contribution in [0, 0.1) is 0 Å². The van der Waals surface area contributed by atoms with Crippen LogP contribution in [-0.4, -0.2) is 42.0 Å². The molecular formula is C8H14N2O3. The fourth-order valence-electron chi connectivity index (χ4n) is 1.50. The minimum Gasteiger partial charge on any atom is -0.372 e. The lowest BCUT2D eigenvalue weighted by Crippen LogP contribution is -2.51. The van der Waals surface area contributed by atoms with Crippen LogP contribution in [0.15, 0.2) is 0 Å². The molecule has 1 aliphatic rings. The molecule has 0 aromatic heterocycles.